The number of hydrogen-bond acceptors (Lipinski definition) is 5. The number of halogens is 1. The number of hydrogen-bond donors (Lipinski definition) is 0. The van der Waals surface area contributed by atoms with Crippen LogP contribution in [0.15, 0.2) is 48.5 Å². The van der Waals surface area contributed by atoms with E-state index in [1.54, 1.807) is 16.8 Å². The Morgan fingerprint density at radius 1 is 0.974 bits per heavy atom. The Bertz CT molecular complexity index is 1430. The minimum atomic E-state index is -0.288. The molecule has 2 aromatic carbocycles. The molecule has 0 aliphatic carbocycles. The van der Waals surface area contributed by atoms with Crippen LogP contribution in [0, 0.1) is 19.7 Å². The van der Waals surface area contributed by atoms with Crippen molar-refractivity contribution in [1.29, 1.82) is 0 Å². The average molecular weight is 515 g/mol. The van der Waals surface area contributed by atoms with Crippen molar-refractivity contribution in [3.63, 3.8) is 0 Å². The predicted octanol–water partition coefficient (Wildman–Crippen LogP) is 5.83. The van der Waals surface area contributed by atoms with E-state index in [9.17, 15) is 9.18 Å². The summed E-state index contributed by atoms with van der Waals surface area (Å²) in [5.41, 5.74) is 4.18. The van der Waals surface area contributed by atoms with E-state index in [1.165, 1.54) is 12.1 Å². The van der Waals surface area contributed by atoms with Gasteiger partial charge in [0.05, 0.1) is 16.8 Å². The van der Waals surface area contributed by atoms with E-state index in [1.807, 2.05) is 43.0 Å². The third-order valence-electron chi connectivity index (χ3n) is 7.32. The first-order valence-electron chi connectivity index (χ1n) is 13.5. The van der Waals surface area contributed by atoms with Crippen LogP contribution in [0.25, 0.3) is 16.7 Å². The van der Waals surface area contributed by atoms with Gasteiger partial charge in [-0.05, 0) is 63.1 Å². The number of carbonyl (C=O) groups is 1. The summed E-state index contributed by atoms with van der Waals surface area (Å²) in [6.45, 7) is 11.1. The van der Waals surface area contributed by atoms with Crippen LogP contribution >= 0.6 is 0 Å². The minimum absolute atomic E-state index is 0.0669. The van der Waals surface area contributed by atoms with Crippen LogP contribution < -0.4 is 4.90 Å². The highest BCUT2D eigenvalue weighted by atomic mass is 19.1. The molecule has 7 nitrogen and oxygen atoms in total. The van der Waals surface area contributed by atoms with Gasteiger partial charge in [-0.25, -0.2) is 19.0 Å². The fourth-order valence-electron chi connectivity index (χ4n) is 5.16. The lowest BCUT2D eigenvalue weighted by Crippen LogP contribution is -2.35. The number of carbonyl (C=O) groups excluding carboxylic acids is 1. The van der Waals surface area contributed by atoms with Crippen molar-refractivity contribution in [3.05, 3.63) is 77.0 Å². The van der Waals surface area contributed by atoms with Crippen molar-refractivity contribution in [3.8, 4) is 5.69 Å². The third kappa shape index (κ3) is 5.12. The Morgan fingerprint density at radius 3 is 2.42 bits per heavy atom. The van der Waals surface area contributed by atoms with Crippen molar-refractivity contribution >= 4 is 22.8 Å². The van der Waals surface area contributed by atoms with Gasteiger partial charge in [-0.3, -0.25) is 4.79 Å². The summed E-state index contributed by atoms with van der Waals surface area (Å²) >= 11 is 0. The molecular formula is C30H35FN6O. The number of aromatic nitrogens is 4. The monoisotopic (exact) mass is 514 g/mol. The lowest BCUT2D eigenvalue weighted by atomic mass is 10.1. The molecule has 0 radical (unpaired) electrons. The first-order chi connectivity index (χ1) is 18.4. The van der Waals surface area contributed by atoms with Gasteiger partial charge in [0, 0.05) is 37.7 Å². The molecule has 0 saturated carbocycles. The topological polar surface area (TPSA) is 67.2 Å². The molecule has 1 fully saturated rings. The second kappa shape index (κ2) is 10.9. The van der Waals surface area contributed by atoms with Gasteiger partial charge in [0.2, 0.25) is 0 Å². The summed E-state index contributed by atoms with van der Waals surface area (Å²) in [5, 5.41) is 5.71. The number of amides is 1. The number of rotatable bonds is 6. The zero-order valence-corrected chi connectivity index (χ0v) is 22.6. The molecule has 0 N–H and O–H groups in total. The highest BCUT2D eigenvalue weighted by Gasteiger charge is 2.26. The van der Waals surface area contributed by atoms with Gasteiger partial charge in [-0.2, -0.15) is 5.10 Å². The van der Waals surface area contributed by atoms with Gasteiger partial charge < -0.3 is 9.80 Å². The van der Waals surface area contributed by atoms with Crippen LogP contribution in [0.3, 0.4) is 0 Å². The standard InChI is InChI=1S/C30H35FN6O/c1-5-7-21(3)27-32-28(26-22(4)34-37(29(26)33-27)25-14-12-24(31)13-15-25)35-16-6-17-36(19-18-35)30(38)23-10-8-20(2)9-11-23/h8-15,21H,5-7,16-19H2,1-4H3. The summed E-state index contributed by atoms with van der Waals surface area (Å²) in [5.74, 6) is 1.62. The van der Waals surface area contributed by atoms with Crippen molar-refractivity contribution < 1.29 is 9.18 Å². The Kier molecular flexibility index (Phi) is 7.40. The van der Waals surface area contributed by atoms with E-state index >= 15 is 0 Å². The molecule has 8 heteroatoms. The van der Waals surface area contributed by atoms with Crippen LogP contribution in [0.1, 0.15) is 66.5 Å². The van der Waals surface area contributed by atoms with Crippen LogP contribution in [-0.2, 0) is 0 Å². The van der Waals surface area contributed by atoms with Crippen LogP contribution in [0.4, 0.5) is 10.2 Å². The summed E-state index contributed by atoms with van der Waals surface area (Å²) in [6.07, 6.45) is 2.86. The van der Waals surface area contributed by atoms with Crippen LogP contribution in [0.2, 0.25) is 0 Å². The molecule has 5 rings (SSSR count). The highest BCUT2D eigenvalue weighted by Crippen LogP contribution is 2.32. The molecule has 3 heterocycles. The summed E-state index contributed by atoms with van der Waals surface area (Å²) in [6, 6.07) is 14.1. The van der Waals surface area contributed by atoms with Gasteiger partial charge in [0.1, 0.15) is 17.5 Å². The van der Waals surface area contributed by atoms with Crippen molar-refractivity contribution in [2.24, 2.45) is 0 Å². The zero-order chi connectivity index (χ0) is 26.8. The second-order valence-electron chi connectivity index (χ2n) is 10.3. The summed E-state index contributed by atoms with van der Waals surface area (Å²) < 4.78 is 15.4. The smallest absolute Gasteiger partial charge is 0.253 e. The Hall–Kier alpha value is -3.81. The molecule has 2 aromatic heterocycles. The summed E-state index contributed by atoms with van der Waals surface area (Å²) in [7, 11) is 0. The number of fused-ring (bicyclic) bond motifs is 1. The van der Waals surface area contributed by atoms with E-state index in [2.05, 4.69) is 18.7 Å². The number of anilines is 1. The second-order valence-corrected chi connectivity index (χ2v) is 10.3. The molecule has 1 unspecified atom stereocenters. The molecule has 1 aliphatic rings. The van der Waals surface area contributed by atoms with Crippen molar-refractivity contribution in [1.82, 2.24) is 24.6 Å². The molecular weight excluding hydrogens is 479 g/mol. The Balaban J connectivity index is 1.52. The van der Waals surface area contributed by atoms with Crippen LogP contribution in [-0.4, -0.2) is 56.7 Å². The number of benzene rings is 2. The molecule has 0 spiro atoms. The first kappa shape index (κ1) is 25.8. The average Bonchev–Trinajstić information content (AvgIpc) is 3.08. The molecule has 1 saturated heterocycles. The van der Waals surface area contributed by atoms with Gasteiger partial charge in [0.25, 0.3) is 5.91 Å². The zero-order valence-electron chi connectivity index (χ0n) is 22.6. The van der Waals surface area contributed by atoms with Crippen molar-refractivity contribution in [2.75, 3.05) is 31.1 Å². The Morgan fingerprint density at radius 2 is 1.71 bits per heavy atom. The maximum atomic E-state index is 13.6. The molecule has 1 amide bonds. The normalized spacial score (nSPS) is 15.1. The SMILES string of the molecule is CCCC(C)c1nc(N2CCCN(C(=O)c3ccc(C)cc3)CC2)c2c(C)nn(-c3ccc(F)cc3)c2n1. The molecule has 198 valence electrons. The Labute approximate surface area is 223 Å². The van der Waals surface area contributed by atoms with E-state index in [-0.39, 0.29) is 17.6 Å². The van der Waals surface area contributed by atoms with Gasteiger partial charge in [-0.15, -0.1) is 0 Å². The van der Waals surface area contributed by atoms with Gasteiger partial charge in [0.15, 0.2) is 5.65 Å². The van der Waals surface area contributed by atoms with E-state index in [0.717, 1.165) is 71.0 Å². The van der Waals surface area contributed by atoms with E-state index in [4.69, 9.17) is 15.1 Å². The van der Waals surface area contributed by atoms with Gasteiger partial charge in [-0.1, -0.05) is 38.0 Å². The summed E-state index contributed by atoms with van der Waals surface area (Å²) in [4.78, 5) is 27.5. The van der Waals surface area contributed by atoms with Crippen LogP contribution in [0.5, 0.6) is 0 Å². The highest BCUT2D eigenvalue weighted by molar-refractivity contribution is 5.94. The molecule has 4 aromatic rings. The molecule has 1 atom stereocenters. The fourth-order valence-corrected chi connectivity index (χ4v) is 5.16. The molecule has 1 aliphatic heterocycles. The fraction of sp³-hybridized carbons (Fsp3) is 0.400. The third-order valence-corrected chi connectivity index (χ3v) is 7.32. The van der Waals surface area contributed by atoms with Crippen molar-refractivity contribution in [2.45, 2.75) is 52.9 Å². The maximum absolute atomic E-state index is 13.6. The minimum Gasteiger partial charge on any atom is -0.354 e. The largest absolute Gasteiger partial charge is 0.354 e. The quantitative estimate of drug-likeness (QED) is 0.324. The number of aryl methyl sites for hydroxylation is 2. The molecule has 0 bridgehead atoms. The molecule has 38 heavy (non-hydrogen) atoms. The maximum Gasteiger partial charge on any atom is 0.253 e. The first-order valence-corrected chi connectivity index (χ1v) is 13.5. The van der Waals surface area contributed by atoms with E-state index < -0.39 is 0 Å². The lowest BCUT2D eigenvalue weighted by Gasteiger charge is -2.24. The van der Waals surface area contributed by atoms with E-state index in [0.29, 0.717) is 19.6 Å². The number of nitrogens with zero attached hydrogens (tertiary/aromatic N) is 6. The van der Waals surface area contributed by atoms with Gasteiger partial charge >= 0.3 is 0 Å². The lowest BCUT2D eigenvalue weighted by molar-refractivity contribution is 0.0767. The predicted molar refractivity (Wildman–Crippen MR) is 149 cm³/mol.